The number of nitro groups is 1. The summed E-state index contributed by atoms with van der Waals surface area (Å²) in [6.45, 7) is -0.224. The van der Waals surface area contributed by atoms with Crippen molar-refractivity contribution in [2.24, 2.45) is 0 Å². The van der Waals surface area contributed by atoms with Crippen molar-refractivity contribution in [3.63, 3.8) is 0 Å². The fourth-order valence-electron chi connectivity index (χ4n) is 1.28. The molecule has 0 saturated heterocycles. The van der Waals surface area contributed by atoms with Gasteiger partial charge in [0.05, 0.1) is 27.9 Å². The first-order valence-electron chi connectivity index (χ1n) is 4.58. The average Bonchev–Trinajstić information content (AvgIpc) is 2.78. The van der Waals surface area contributed by atoms with Crippen molar-refractivity contribution in [3.05, 3.63) is 44.7 Å². The molecule has 0 fully saturated rings. The molecule has 0 aliphatic carbocycles. The average molecular weight is 299 g/mol. The second-order valence-electron chi connectivity index (χ2n) is 3.21. The Kier molecular flexibility index (Phi) is 3.16. The molecule has 0 aliphatic rings. The van der Waals surface area contributed by atoms with Crippen molar-refractivity contribution < 1.29 is 10.0 Å². The van der Waals surface area contributed by atoms with Crippen LogP contribution in [0.3, 0.4) is 0 Å². The molecule has 0 amide bonds. The number of hydrogen-bond donors (Lipinski definition) is 1. The summed E-state index contributed by atoms with van der Waals surface area (Å²) in [5.74, 6) is 0. The van der Waals surface area contributed by atoms with Gasteiger partial charge in [0.25, 0.3) is 5.69 Å². The number of halogens is 1. The second-order valence-corrected chi connectivity index (χ2v) is 4.06. The lowest BCUT2D eigenvalue weighted by molar-refractivity contribution is -0.385. The highest BCUT2D eigenvalue weighted by Gasteiger charge is 2.13. The van der Waals surface area contributed by atoms with Crippen molar-refractivity contribution in [1.29, 1.82) is 0 Å². The van der Waals surface area contributed by atoms with Crippen molar-refractivity contribution in [1.82, 2.24) is 15.0 Å². The number of aliphatic hydroxyl groups is 1. The Morgan fingerprint density at radius 3 is 2.88 bits per heavy atom. The number of nitrogens with zero attached hydrogens (tertiary/aromatic N) is 4. The molecule has 1 heterocycles. The Morgan fingerprint density at radius 2 is 2.29 bits per heavy atom. The zero-order valence-electron chi connectivity index (χ0n) is 8.45. The molecule has 0 unspecified atom stereocenters. The van der Waals surface area contributed by atoms with Gasteiger partial charge >= 0.3 is 0 Å². The lowest BCUT2D eigenvalue weighted by Gasteiger charge is -2.01. The minimum atomic E-state index is -0.489. The Morgan fingerprint density at radius 1 is 1.53 bits per heavy atom. The molecule has 0 spiro atoms. The lowest BCUT2D eigenvalue weighted by atomic mass is 10.3. The molecule has 1 aromatic heterocycles. The first-order chi connectivity index (χ1) is 8.11. The summed E-state index contributed by atoms with van der Waals surface area (Å²) in [5.41, 5.74) is 0.853. The van der Waals surface area contributed by atoms with Gasteiger partial charge in [0.15, 0.2) is 0 Å². The van der Waals surface area contributed by atoms with Gasteiger partial charge in [-0.2, -0.15) is 0 Å². The molecule has 17 heavy (non-hydrogen) atoms. The number of aromatic nitrogens is 3. The van der Waals surface area contributed by atoms with Crippen molar-refractivity contribution >= 4 is 21.6 Å². The molecule has 0 radical (unpaired) electrons. The van der Waals surface area contributed by atoms with E-state index in [-0.39, 0.29) is 12.3 Å². The predicted molar refractivity (Wildman–Crippen MR) is 61.6 cm³/mol. The maximum Gasteiger partial charge on any atom is 0.285 e. The SMILES string of the molecule is O=[N+]([O-])c1cc(-n2cc(CO)nn2)ccc1Br. The van der Waals surface area contributed by atoms with E-state index in [0.717, 1.165) is 0 Å². The van der Waals surface area contributed by atoms with Crippen molar-refractivity contribution in [2.75, 3.05) is 0 Å². The summed E-state index contributed by atoms with van der Waals surface area (Å²) in [6.07, 6.45) is 1.51. The summed E-state index contributed by atoms with van der Waals surface area (Å²) in [5, 5.41) is 27.1. The maximum absolute atomic E-state index is 10.8. The number of aliphatic hydroxyl groups excluding tert-OH is 1. The topological polar surface area (TPSA) is 94.1 Å². The standard InChI is InChI=1S/C9H7BrN4O3/c10-8-2-1-7(3-9(8)14(16)17)13-4-6(5-15)11-12-13/h1-4,15H,5H2. The third kappa shape index (κ3) is 2.32. The molecule has 0 saturated carbocycles. The van der Waals surface area contributed by atoms with E-state index in [9.17, 15) is 10.1 Å². The van der Waals surface area contributed by atoms with Crippen LogP contribution in [0.2, 0.25) is 0 Å². The van der Waals surface area contributed by atoms with E-state index in [2.05, 4.69) is 26.2 Å². The highest BCUT2D eigenvalue weighted by atomic mass is 79.9. The minimum Gasteiger partial charge on any atom is -0.390 e. The van der Waals surface area contributed by atoms with Gasteiger partial charge < -0.3 is 5.11 Å². The van der Waals surface area contributed by atoms with Crippen LogP contribution in [0.15, 0.2) is 28.9 Å². The number of rotatable bonds is 3. The summed E-state index contributed by atoms with van der Waals surface area (Å²) in [4.78, 5) is 10.3. The van der Waals surface area contributed by atoms with Crippen LogP contribution in [0.1, 0.15) is 5.69 Å². The fourth-order valence-corrected chi connectivity index (χ4v) is 1.67. The van der Waals surface area contributed by atoms with Crippen molar-refractivity contribution in [2.45, 2.75) is 6.61 Å². The predicted octanol–water partition coefficient (Wildman–Crippen LogP) is 1.43. The number of hydrogen-bond acceptors (Lipinski definition) is 5. The molecule has 0 bridgehead atoms. The van der Waals surface area contributed by atoms with Gasteiger partial charge in [-0.25, -0.2) is 4.68 Å². The quantitative estimate of drug-likeness (QED) is 0.683. The van der Waals surface area contributed by atoms with Crippen LogP contribution in [-0.4, -0.2) is 25.0 Å². The third-order valence-electron chi connectivity index (χ3n) is 2.09. The zero-order chi connectivity index (χ0) is 12.4. The molecule has 1 N–H and O–H groups in total. The molecule has 0 atom stereocenters. The molecule has 88 valence electrons. The first-order valence-corrected chi connectivity index (χ1v) is 5.37. The Bertz CT molecular complexity index is 569. The molecule has 7 nitrogen and oxygen atoms in total. The second kappa shape index (κ2) is 4.60. The highest BCUT2D eigenvalue weighted by Crippen LogP contribution is 2.26. The zero-order valence-corrected chi connectivity index (χ0v) is 10.0. The van der Waals surface area contributed by atoms with E-state index in [0.29, 0.717) is 15.9 Å². The summed E-state index contributed by atoms with van der Waals surface area (Å²) >= 11 is 3.10. The molecule has 2 rings (SSSR count). The summed E-state index contributed by atoms with van der Waals surface area (Å²) < 4.78 is 1.76. The Labute approximate surface area is 104 Å². The molecule has 8 heteroatoms. The molecular weight excluding hydrogens is 292 g/mol. The number of benzene rings is 1. The third-order valence-corrected chi connectivity index (χ3v) is 2.76. The van der Waals surface area contributed by atoms with Crippen LogP contribution < -0.4 is 0 Å². The van der Waals surface area contributed by atoms with Gasteiger partial charge in [-0.1, -0.05) is 5.21 Å². The van der Waals surface area contributed by atoms with Crippen LogP contribution in [0.5, 0.6) is 0 Å². The number of nitro benzene ring substituents is 1. The van der Waals surface area contributed by atoms with Crippen molar-refractivity contribution in [3.8, 4) is 5.69 Å². The first kappa shape index (κ1) is 11.7. The summed E-state index contributed by atoms with van der Waals surface area (Å²) in [7, 11) is 0. The van der Waals surface area contributed by atoms with E-state index >= 15 is 0 Å². The smallest absolute Gasteiger partial charge is 0.285 e. The normalized spacial score (nSPS) is 10.5. The Balaban J connectivity index is 2.46. The van der Waals surface area contributed by atoms with Crippen LogP contribution in [-0.2, 0) is 6.61 Å². The van der Waals surface area contributed by atoms with E-state index in [1.165, 1.54) is 16.9 Å². The van der Waals surface area contributed by atoms with Gasteiger partial charge in [0, 0.05) is 6.07 Å². The van der Waals surface area contributed by atoms with Crippen LogP contribution in [0.25, 0.3) is 5.69 Å². The maximum atomic E-state index is 10.8. The van der Waals surface area contributed by atoms with Crippen LogP contribution in [0.4, 0.5) is 5.69 Å². The van der Waals surface area contributed by atoms with E-state index < -0.39 is 4.92 Å². The van der Waals surface area contributed by atoms with Gasteiger partial charge in [0.2, 0.25) is 0 Å². The van der Waals surface area contributed by atoms with Crippen LogP contribution in [0, 0.1) is 10.1 Å². The highest BCUT2D eigenvalue weighted by molar-refractivity contribution is 9.10. The van der Waals surface area contributed by atoms with Gasteiger partial charge in [-0.3, -0.25) is 10.1 Å². The molecular formula is C9H7BrN4O3. The lowest BCUT2D eigenvalue weighted by Crippen LogP contribution is -1.97. The molecule has 2 aromatic rings. The largest absolute Gasteiger partial charge is 0.390 e. The van der Waals surface area contributed by atoms with Gasteiger partial charge in [-0.05, 0) is 28.1 Å². The fraction of sp³-hybridized carbons (Fsp3) is 0.111. The van der Waals surface area contributed by atoms with Crippen LogP contribution >= 0.6 is 15.9 Å². The molecule has 0 aliphatic heterocycles. The van der Waals surface area contributed by atoms with E-state index in [4.69, 9.17) is 5.11 Å². The summed E-state index contributed by atoms with van der Waals surface area (Å²) in [6, 6.07) is 4.60. The van der Waals surface area contributed by atoms with E-state index in [1.807, 2.05) is 0 Å². The Hall–Kier alpha value is -1.80. The van der Waals surface area contributed by atoms with E-state index in [1.54, 1.807) is 12.1 Å². The van der Waals surface area contributed by atoms with Gasteiger partial charge in [-0.15, -0.1) is 5.10 Å². The minimum absolute atomic E-state index is 0.0523. The van der Waals surface area contributed by atoms with Gasteiger partial charge in [0.1, 0.15) is 5.69 Å². The monoisotopic (exact) mass is 298 g/mol. The molecule has 1 aromatic carbocycles.